The van der Waals surface area contributed by atoms with Crippen LogP contribution in [0.25, 0.3) is 0 Å². The number of amides is 2. The Kier molecular flexibility index (Phi) is 6.83. The number of ether oxygens (including phenoxy) is 2. The zero-order valence-electron chi connectivity index (χ0n) is 14.4. The maximum atomic E-state index is 11.8. The molecule has 6 nitrogen and oxygen atoms in total. The first-order valence-corrected chi connectivity index (χ1v) is 7.94. The van der Waals surface area contributed by atoms with Gasteiger partial charge in [0.1, 0.15) is 5.75 Å². The Bertz CT molecular complexity index is 714. The average Bonchev–Trinajstić information content (AvgIpc) is 2.66. The van der Waals surface area contributed by atoms with E-state index in [0.717, 1.165) is 23.3 Å². The number of nitrogens with one attached hydrogen (secondary N) is 2. The molecule has 2 rings (SSSR count). The van der Waals surface area contributed by atoms with E-state index in [1.54, 1.807) is 31.4 Å². The fourth-order valence-electron chi connectivity index (χ4n) is 2.27. The molecule has 0 aliphatic heterocycles. The third kappa shape index (κ3) is 5.84. The Morgan fingerprint density at radius 1 is 0.960 bits per heavy atom. The lowest BCUT2D eigenvalue weighted by Crippen LogP contribution is -2.36. The molecular weight excluding hydrogens is 320 g/mol. The van der Waals surface area contributed by atoms with Gasteiger partial charge < -0.3 is 20.1 Å². The number of hydrogen-bond donors (Lipinski definition) is 2. The molecule has 25 heavy (non-hydrogen) atoms. The number of carbonyl (C=O) groups excluding carboxylic acids is 2. The summed E-state index contributed by atoms with van der Waals surface area (Å²) in [6, 6.07) is 14.4. The predicted molar refractivity (Wildman–Crippen MR) is 94.7 cm³/mol. The molecule has 2 amide bonds. The van der Waals surface area contributed by atoms with Crippen molar-refractivity contribution in [1.29, 1.82) is 0 Å². The van der Waals surface area contributed by atoms with Crippen LogP contribution in [-0.2, 0) is 17.7 Å². The maximum Gasteiger partial charge on any atom is 0.337 e. The second kappa shape index (κ2) is 9.32. The van der Waals surface area contributed by atoms with Gasteiger partial charge in [-0.3, -0.25) is 0 Å². The van der Waals surface area contributed by atoms with E-state index in [2.05, 4.69) is 15.4 Å². The molecule has 0 heterocycles. The zero-order valence-corrected chi connectivity index (χ0v) is 14.4. The third-order valence-corrected chi connectivity index (χ3v) is 3.66. The van der Waals surface area contributed by atoms with Crippen LogP contribution in [0.4, 0.5) is 4.79 Å². The molecule has 2 N–H and O–H groups in total. The fraction of sp³-hybridized carbons (Fsp3) is 0.263. The van der Waals surface area contributed by atoms with Crippen LogP contribution < -0.4 is 15.4 Å². The van der Waals surface area contributed by atoms with Gasteiger partial charge in [-0.1, -0.05) is 24.3 Å². The van der Waals surface area contributed by atoms with Crippen LogP contribution in [0.2, 0.25) is 0 Å². The molecule has 132 valence electrons. The number of carbonyl (C=O) groups is 2. The second-order valence-corrected chi connectivity index (χ2v) is 5.40. The second-order valence-electron chi connectivity index (χ2n) is 5.40. The van der Waals surface area contributed by atoms with E-state index in [-0.39, 0.29) is 12.0 Å². The molecule has 0 saturated carbocycles. The van der Waals surface area contributed by atoms with Crippen molar-refractivity contribution in [2.24, 2.45) is 0 Å². The van der Waals surface area contributed by atoms with E-state index in [4.69, 9.17) is 4.74 Å². The van der Waals surface area contributed by atoms with E-state index in [1.807, 2.05) is 24.3 Å². The first-order valence-electron chi connectivity index (χ1n) is 7.94. The maximum absolute atomic E-state index is 11.8. The highest BCUT2D eigenvalue weighted by Gasteiger charge is 2.05. The molecule has 0 aromatic heterocycles. The molecule has 0 fully saturated rings. The number of methoxy groups -OCH3 is 2. The lowest BCUT2D eigenvalue weighted by atomic mass is 10.1. The number of esters is 1. The minimum atomic E-state index is -0.380. The molecule has 0 saturated heterocycles. The summed E-state index contributed by atoms with van der Waals surface area (Å²) in [5.41, 5.74) is 2.47. The van der Waals surface area contributed by atoms with E-state index in [1.165, 1.54) is 7.11 Å². The third-order valence-electron chi connectivity index (χ3n) is 3.66. The Morgan fingerprint density at radius 3 is 2.40 bits per heavy atom. The highest BCUT2D eigenvalue weighted by Crippen LogP contribution is 2.12. The molecule has 0 spiro atoms. The summed E-state index contributed by atoms with van der Waals surface area (Å²) < 4.78 is 9.81. The first-order chi connectivity index (χ1) is 12.1. The molecular formula is C19H22N2O4. The van der Waals surface area contributed by atoms with Gasteiger partial charge in [0.2, 0.25) is 0 Å². The SMILES string of the molecule is COC(=O)c1ccc(CNC(=O)NCCc2cccc(OC)c2)cc1. The summed E-state index contributed by atoms with van der Waals surface area (Å²) >= 11 is 0. The summed E-state index contributed by atoms with van der Waals surface area (Å²) in [4.78, 5) is 23.2. The molecule has 0 atom stereocenters. The van der Waals surface area contributed by atoms with Crippen LogP contribution in [-0.4, -0.2) is 32.8 Å². The Labute approximate surface area is 147 Å². The monoisotopic (exact) mass is 342 g/mol. The van der Waals surface area contributed by atoms with Crippen molar-refractivity contribution >= 4 is 12.0 Å². The normalized spacial score (nSPS) is 10.0. The quantitative estimate of drug-likeness (QED) is 0.758. The largest absolute Gasteiger partial charge is 0.497 e. The lowest BCUT2D eigenvalue weighted by Gasteiger charge is -2.09. The molecule has 0 bridgehead atoms. The van der Waals surface area contributed by atoms with E-state index in [9.17, 15) is 9.59 Å². The van der Waals surface area contributed by atoms with Crippen molar-refractivity contribution in [2.75, 3.05) is 20.8 Å². The molecule has 6 heteroatoms. The number of rotatable bonds is 7. The van der Waals surface area contributed by atoms with Gasteiger partial charge in [0.25, 0.3) is 0 Å². The Morgan fingerprint density at radius 2 is 1.72 bits per heavy atom. The van der Waals surface area contributed by atoms with Gasteiger partial charge in [-0.15, -0.1) is 0 Å². The molecule has 2 aromatic rings. The molecule has 0 radical (unpaired) electrons. The van der Waals surface area contributed by atoms with Crippen LogP contribution in [0.3, 0.4) is 0 Å². The summed E-state index contributed by atoms with van der Waals surface area (Å²) in [5, 5.41) is 5.59. The number of hydrogen-bond acceptors (Lipinski definition) is 4. The van der Waals surface area contributed by atoms with Gasteiger partial charge in [0.05, 0.1) is 19.8 Å². The van der Waals surface area contributed by atoms with E-state index < -0.39 is 0 Å². The standard InChI is InChI=1S/C19H22N2O4/c1-24-17-5-3-4-14(12-17)10-11-20-19(23)21-13-15-6-8-16(9-7-15)18(22)25-2/h3-9,12H,10-11,13H2,1-2H3,(H2,20,21,23). The van der Waals surface area contributed by atoms with Crippen molar-refractivity contribution in [3.8, 4) is 5.75 Å². The Hall–Kier alpha value is -3.02. The summed E-state index contributed by atoms with van der Waals surface area (Å²) in [5.74, 6) is 0.423. The topological polar surface area (TPSA) is 76.7 Å². The summed E-state index contributed by atoms with van der Waals surface area (Å²) in [6.45, 7) is 0.909. The van der Waals surface area contributed by atoms with Gasteiger partial charge in [-0.25, -0.2) is 9.59 Å². The highest BCUT2D eigenvalue weighted by molar-refractivity contribution is 5.89. The summed E-state index contributed by atoms with van der Waals surface area (Å²) in [6.07, 6.45) is 0.721. The zero-order chi connectivity index (χ0) is 18.1. The molecule has 0 aliphatic rings. The van der Waals surface area contributed by atoms with Gasteiger partial charge in [0.15, 0.2) is 0 Å². The average molecular weight is 342 g/mol. The van der Waals surface area contributed by atoms with Crippen molar-refractivity contribution in [3.63, 3.8) is 0 Å². The van der Waals surface area contributed by atoms with Crippen LogP contribution in [0.15, 0.2) is 48.5 Å². The van der Waals surface area contributed by atoms with Crippen molar-refractivity contribution in [1.82, 2.24) is 10.6 Å². The van der Waals surface area contributed by atoms with Crippen molar-refractivity contribution in [2.45, 2.75) is 13.0 Å². The van der Waals surface area contributed by atoms with Gasteiger partial charge in [0, 0.05) is 13.1 Å². The van der Waals surface area contributed by atoms with Crippen molar-refractivity contribution < 1.29 is 19.1 Å². The van der Waals surface area contributed by atoms with E-state index in [0.29, 0.717) is 18.7 Å². The molecule has 0 unspecified atom stereocenters. The molecule has 0 aliphatic carbocycles. The number of urea groups is 1. The molecule has 2 aromatic carbocycles. The van der Waals surface area contributed by atoms with Crippen LogP contribution in [0, 0.1) is 0 Å². The first kappa shape index (κ1) is 18.3. The van der Waals surface area contributed by atoms with Crippen LogP contribution >= 0.6 is 0 Å². The predicted octanol–water partition coefficient (Wildman–Crippen LogP) is 2.52. The minimum absolute atomic E-state index is 0.236. The number of benzene rings is 2. The smallest absolute Gasteiger partial charge is 0.337 e. The Balaban J connectivity index is 1.72. The minimum Gasteiger partial charge on any atom is -0.497 e. The van der Waals surface area contributed by atoms with Gasteiger partial charge in [-0.05, 0) is 41.8 Å². The highest BCUT2D eigenvalue weighted by atomic mass is 16.5. The fourth-order valence-corrected chi connectivity index (χ4v) is 2.27. The van der Waals surface area contributed by atoms with Crippen molar-refractivity contribution in [3.05, 3.63) is 65.2 Å². The van der Waals surface area contributed by atoms with E-state index >= 15 is 0 Å². The lowest BCUT2D eigenvalue weighted by molar-refractivity contribution is 0.0600. The van der Waals surface area contributed by atoms with Gasteiger partial charge in [-0.2, -0.15) is 0 Å². The summed E-state index contributed by atoms with van der Waals surface area (Å²) in [7, 11) is 2.97. The van der Waals surface area contributed by atoms with Gasteiger partial charge >= 0.3 is 12.0 Å². The van der Waals surface area contributed by atoms with Crippen LogP contribution in [0.5, 0.6) is 5.75 Å². The van der Waals surface area contributed by atoms with Crippen LogP contribution in [0.1, 0.15) is 21.5 Å².